The molecule has 1 aliphatic heterocycles. The zero-order valence-electron chi connectivity index (χ0n) is 12.2. The molecule has 1 aromatic heterocycles. The molecule has 0 spiro atoms. The van der Waals surface area contributed by atoms with E-state index in [-0.39, 0.29) is 11.2 Å². The van der Waals surface area contributed by atoms with Gasteiger partial charge in [0.2, 0.25) is 0 Å². The third-order valence-electron chi connectivity index (χ3n) is 3.43. The monoisotopic (exact) mass is 333 g/mol. The lowest BCUT2D eigenvalue weighted by atomic mass is 10.1. The van der Waals surface area contributed by atoms with E-state index in [1.807, 2.05) is 6.92 Å². The maximum atomic E-state index is 12.4. The van der Waals surface area contributed by atoms with E-state index < -0.39 is 16.2 Å². The van der Waals surface area contributed by atoms with Crippen molar-refractivity contribution < 1.29 is 17.9 Å². The number of carbonyl (C=O) groups is 1. The largest absolute Gasteiger partial charge is 0.465 e. The van der Waals surface area contributed by atoms with Gasteiger partial charge < -0.3 is 4.74 Å². The predicted octanol–water partition coefficient (Wildman–Crippen LogP) is 1.77. The van der Waals surface area contributed by atoms with Crippen molar-refractivity contribution in [2.45, 2.75) is 39.2 Å². The molecule has 1 aliphatic rings. The molecule has 0 saturated carbocycles. The smallest absolute Gasteiger partial charge is 0.350 e. The highest BCUT2D eigenvalue weighted by Crippen LogP contribution is 2.26. The number of methoxy groups -OCH3 is 1. The molecular weight excluding hydrogens is 314 g/mol. The van der Waals surface area contributed by atoms with Crippen molar-refractivity contribution in [2.75, 3.05) is 18.4 Å². The van der Waals surface area contributed by atoms with E-state index in [4.69, 9.17) is 0 Å². The van der Waals surface area contributed by atoms with Crippen molar-refractivity contribution in [1.82, 2.24) is 9.29 Å². The van der Waals surface area contributed by atoms with Gasteiger partial charge in [0.15, 0.2) is 5.13 Å². The molecule has 0 amide bonds. The van der Waals surface area contributed by atoms with E-state index in [0.717, 1.165) is 30.6 Å². The number of rotatable bonds is 4. The normalized spacial score (nSPS) is 20.2. The van der Waals surface area contributed by atoms with Crippen molar-refractivity contribution in [1.29, 1.82) is 0 Å². The minimum Gasteiger partial charge on any atom is -0.465 e. The number of anilines is 1. The molecule has 9 heteroatoms. The second-order valence-electron chi connectivity index (χ2n) is 4.99. The Labute approximate surface area is 128 Å². The molecule has 0 aromatic carbocycles. The zero-order chi connectivity index (χ0) is 15.6. The Morgan fingerprint density at radius 2 is 2.19 bits per heavy atom. The average molecular weight is 333 g/mol. The van der Waals surface area contributed by atoms with Gasteiger partial charge in [-0.25, -0.2) is 14.5 Å². The maximum absolute atomic E-state index is 12.4. The summed E-state index contributed by atoms with van der Waals surface area (Å²) in [5, 5.41) is 0.186. The zero-order valence-corrected chi connectivity index (χ0v) is 13.9. The van der Waals surface area contributed by atoms with E-state index in [0.29, 0.717) is 17.1 Å². The molecule has 7 nitrogen and oxygen atoms in total. The highest BCUT2D eigenvalue weighted by Gasteiger charge is 2.30. The lowest BCUT2D eigenvalue weighted by Crippen LogP contribution is -2.44. The number of ether oxygens (including phenoxy) is 1. The summed E-state index contributed by atoms with van der Waals surface area (Å²) in [4.78, 5) is 15.9. The molecule has 21 heavy (non-hydrogen) atoms. The Morgan fingerprint density at radius 1 is 1.48 bits per heavy atom. The lowest BCUT2D eigenvalue weighted by molar-refractivity contribution is 0.0605. The standard InChI is InChI=1S/C12H19N3O4S2/c1-8-6-4-5-7-15(8)21(17,18)14-12-13-9(2)10(20-12)11(16)19-3/h8H,4-7H2,1-3H3,(H,13,14). The van der Waals surface area contributed by atoms with Crippen LogP contribution in [0.3, 0.4) is 0 Å². The van der Waals surface area contributed by atoms with Gasteiger partial charge in [0, 0.05) is 12.6 Å². The van der Waals surface area contributed by atoms with E-state index >= 15 is 0 Å². The van der Waals surface area contributed by atoms with Gasteiger partial charge in [-0.3, -0.25) is 0 Å². The van der Waals surface area contributed by atoms with Crippen molar-refractivity contribution in [3.8, 4) is 0 Å². The van der Waals surface area contributed by atoms with Crippen LogP contribution in [-0.4, -0.2) is 43.4 Å². The van der Waals surface area contributed by atoms with Crippen LogP contribution in [0.4, 0.5) is 5.13 Å². The Hall–Kier alpha value is -1.19. The first kappa shape index (κ1) is 16.2. The number of hydrogen-bond acceptors (Lipinski definition) is 6. The molecule has 1 unspecified atom stereocenters. The van der Waals surface area contributed by atoms with E-state index in [1.165, 1.54) is 11.4 Å². The quantitative estimate of drug-likeness (QED) is 0.848. The van der Waals surface area contributed by atoms with Crippen LogP contribution in [0.15, 0.2) is 0 Å². The fourth-order valence-electron chi connectivity index (χ4n) is 2.32. The molecule has 1 aromatic rings. The predicted molar refractivity (Wildman–Crippen MR) is 80.8 cm³/mol. The Morgan fingerprint density at radius 3 is 2.81 bits per heavy atom. The summed E-state index contributed by atoms with van der Waals surface area (Å²) in [5.74, 6) is -0.512. The topological polar surface area (TPSA) is 88.6 Å². The van der Waals surface area contributed by atoms with Gasteiger partial charge in [-0.15, -0.1) is 0 Å². The fraction of sp³-hybridized carbons (Fsp3) is 0.667. The van der Waals surface area contributed by atoms with Gasteiger partial charge in [-0.05, 0) is 26.7 Å². The summed E-state index contributed by atoms with van der Waals surface area (Å²) in [6.07, 6.45) is 2.75. The van der Waals surface area contributed by atoms with Crippen LogP contribution in [0, 0.1) is 6.92 Å². The Bertz CT molecular complexity index is 626. The van der Waals surface area contributed by atoms with Gasteiger partial charge in [0.1, 0.15) is 4.88 Å². The summed E-state index contributed by atoms with van der Waals surface area (Å²) in [6, 6.07) is -0.0302. The second kappa shape index (κ2) is 6.29. The highest BCUT2D eigenvalue weighted by atomic mass is 32.2. The number of piperidine rings is 1. The molecule has 0 bridgehead atoms. The molecule has 0 radical (unpaired) electrons. The SMILES string of the molecule is COC(=O)c1sc(NS(=O)(=O)N2CCCCC2C)nc1C. The van der Waals surface area contributed by atoms with E-state index in [1.54, 1.807) is 6.92 Å². The number of aryl methyl sites for hydroxylation is 1. The number of carbonyl (C=O) groups excluding carboxylic acids is 1. The molecule has 2 rings (SSSR count). The molecule has 2 heterocycles. The van der Waals surface area contributed by atoms with Crippen molar-refractivity contribution >= 4 is 32.6 Å². The van der Waals surface area contributed by atoms with E-state index in [2.05, 4.69) is 14.4 Å². The van der Waals surface area contributed by atoms with Gasteiger partial charge in [0.05, 0.1) is 12.8 Å². The van der Waals surface area contributed by atoms with Crippen LogP contribution in [-0.2, 0) is 14.9 Å². The third kappa shape index (κ3) is 3.53. The summed E-state index contributed by atoms with van der Waals surface area (Å²) in [7, 11) is -2.36. The molecule has 118 valence electrons. The van der Waals surface area contributed by atoms with Crippen LogP contribution in [0.25, 0.3) is 0 Å². The Balaban J connectivity index is 2.19. The lowest BCUT2D eigenvalue weighted by Gasteiger charge is -2.31. The first-order chi connectivity index (χ1) is 9.85. The van der Waals surface area contributed by atoms with Crippen molar-refractivity contribution in [3.63, 3.8) is 0 Å². The minimum absolute atomic E-state index is 0.0302. The van der Waals surface area contributed by atoms with Crippen LogP contribution in [0.1, 0.15) is 41.6 Å². The first-order valence-electron chi connectivity index (χ1n) is 6.70. The van der Waals surface area contributed by atoms with Crippen LogP contribution in [0.5, 0.6) is 0 Å². The van der Waals surface area contributed by atoms with Gasteiger partial charge >= 0.3 is 16.2 Å². The molecule has 1 atom stereocenters. The molecular formula is C12H19N3O4S2. The number of thiazole rings is 1. The van der Waals surface area contributed by atoms with Crippen LogP contribution < -0.4 is 4.72 Å². The van der Waals surface area contributed by atoms with Gasteiger partial charge in [0.25, 0.3) is 0 Å². The Kier molecular flexibility index (Phi) is 4.84. The second-order valence-corrected chi connectivity index (χ2v) is 7.61. The number of nitrogens with zero attached hydrogens (tertiary/aromatic N) is 2. The summed E-state index contributed by atoms with van der Waals surface area (Å²) in [6.45, 7) is 4.04. The van der Waals surface area contributed by atoms with Gasteiger partial charge in [-0.1, -0.05) is 17.8 Å². The average Bonchev–Trinajstić information content (AvgIpc) is 2.78. The highest BCUT2D eigenvalue weighted by molar-refractivity contribution is 7.90. The molecule has 1 saturated heterocycles. The van der Waals surface area contributed by atoms with Crippen LogP contribution in [0.2, 0.25) is 0 Å². The van der Waals surface area contributed by atoms with Crippen molar-refractivity contribution in [3.05, 3.63) is 10.6 Å². The number of aromatic nitrogens is 1. The minimum atomic E-state index is -3.64. The number of hydrogen-bond donors (Lipinski definition) is 1. The molecule has 1 N–H and O–H groups in total. The third-order valence-corrected chi connectivity index (χ3v) is 6.23. The molecule has 0 aliphatic carbocycles. The van der Waals surface area contributed by atoms with E-state index in [9.17, 15) is 13.2 Å². The van der Waals surface area contributed by atoms with Crippen LogP contribution >= 0.6 is 11.3 Å². The molecule has 1 fully saturated rings. The summed E-state index contributed by atoms with van der Waals surface area (Å²) >= 11 is 0.982. The first-order valence-corrected chi connectivity index (χ1v) is 8.96. The summed E-state index contributed by atoms with van der Waals surface area (Å²) < 4.78 is 33.3. The number of esters is 1. The van der Waals surface area contributed by atoms with Gasteiger partial charge in [-0.2, -0.15) is 12.7 Å². The maximum Gasteiger partial charge on any atom is 0.350 e. The van der Waals surface area contributed by atoms with Crippen molar-refractivity contribution in [2.24, 2.45) is 0 Å². The number of nitrogens with one attached hydrogen (secondary N) is 1. The summed E-state index contributed by atoms with van der Waals surface area (Å²) in [5.41, 5.74) is 0.455. The fourth-order valence-corrected chi connectivity index (χ4v) is 4.87.